The Balaban J connectivity index is 1.59. The average molecular weight is 433 g/mol. The van der Waals surface area contributed by atoms with E-state index in [-0.39, 0.29) is 22.3 Å². The van der Waals surface area contributed by atoms with Crippen molar-refractivity contribution in [1.82, 2.24) is 0 Å². The fraction of sp³-hybridized carbons (Fsp3) is 0.462. The van der Waals surface area contributed by atoms with Crippen LogP contribution in [0.2, 0.25) is 0 Å². The van der Waals surface area contributed by atoms with Crippen LogP contribution in [0.25, 0.3) is 11.0 Å². The molecular formula is C26H28N2O2S. The summed E-state index contributed by atoms with van der Waals surface area (Å²) in [6, 6.07) is 4.44. The lowest BCUT2D eigenvalue weighted by Gasteiger charge is -2.46. The molecule has 1 aromatic heterocycles. The first-order valence-corrected chi connectivity index (χ1v) is 12.4. The van der Waals surface area contributed by atoms with E-state index in [0.29, 0.717) is 11.5 Å². The van der Waals surface area contributed by atoms with Gasteiger partial charge in [0.15, 0.2) is 0 Å². The summed E-state index contributed by atoms with van der Waals surface area (Å²) in [5.74, 6) is 0.514. The monoisotopic (exact) mass is 432 g/mol. The normalized spacial score (nSPS) is 31.0. The van der Waals surface area contributed by atoms with Crippen molar-refractivity contribution in [2.24, 2.45) is 4.99 Å². The summed E-state index contributed by atoms with van der Waals surface area (Å²) in [6.07, 6.45) is 11.7. The molecule has 0 saturated heterocycles. The second kappa shape index (κ2) is 6.86. The maximum atomic E-state index is 13.2. The summed E-state index contributed by atoms with van der Waals surface area (Å²) in [5, 5.41) is 2.13. The summed E-state index contributed by atoms with van der Waals surface area (Å²) < 4.78 is 6.15. The second-order valence-corrected chi connectivity index (χ2v) is 10.8. The molecule has 0 radical (unpaired) electrons. The fourth-order valence-electron chi connectivity index (χ4n) is 5.63. The summed E-state index contributed by atoms with van der Waals surface area (Å²) in [7, 11) is 0. The SMILES string of the molecule is CC[C@]1(C)CCN2CC[C@@H](C)c3cc4cc(C5=NC6C=CC=CC6S5)c(=O)oc4c1c32. The van der Waals surface area contributed by atoms with Gasteiger partial charge in [0.1, 0.15) is 10.6 Å². The molecule has 0 bridgehead atoms. The Labute approximate surface area is 187 Å². The molecule has 160 valence electrons. The third-order valence-corrected chi connectivity index (χ3v) is 9.08. The fourth-order valence-corrected chi connectivity index (χ4v) is 6.80. The van der Waals surface area contributed by atoms with Gasteiger partial charge < -0.3 is 9.32 Å². The number of fused-ring (bicyclic) bond motifs is 3. The number of thioether (sulfide) groups is 1. The van der Waals surface area contributed by atoms with Crippen LogP contribution < -0.4 is 10.5 Å². The van der Waals surface area contributed by atoms with E-state index < -0.39 is 0 Å². The van der Waals surface area contributed by atoms with Crippen molar-refractivity contribution in [3.8, 4) is 0 Å². The van der Waals surface area contributed by atoms with Crippen LogP contribution in [0.5, 0.6) is 0 Å². The highest BCUT2D eigenvalue weighted by Crippen LogP contribution is 2.51. The number of rotatable bonds is 2. The van der Waals surface area contributed by atoms with Crippen LogP contribution in [-0.2, 0) is 5.41 Å². The van der Waals surface area contributed by atoms with Gasteiger partial charge in [-0.1, -0.05) is 56.8 Å². The van der Waals surface area contributed by atoms with E-state index in [9.17, 15) is 4.79 Å². The van der Waals surface area contributed by atoms with E-state index >= 15 is 0 Å². The molecule has 1 aliphatic carbocycles. The highest BCUT2D eigenvalue weighted by molar-refractivity contribution is 8.15. The first-order chi connectivity index (χ1) is 15.0. The van der Waals surface area contributed by atoms with Gasteiger partial charge in [-0.05, 0) is 48.3 Å². The Bertz CT molecular complexity index is 1240. The smallest absolute Gasteiger partial charge is 0.346 e. The van der Waals surface area contributed by atoms with Gasteiger partial charge in [0, 0.05) is 29.7 Å². The number of aliphatic imine (C=N–C) groups is 1. The molecule has 0 amide bonds. The largest absolute Gasteiger partial charge is 0.422 e. The molecule has 6 rings (SSSR count). The van der Waals surface area contributed by atoms with Crippen LogP contribution in [0.1, 0.15) is 62.6 Å². The quantitative estimate of drug-likeness (QED) is 0.585. The molecule has 4 aliphatic rings. The molecule has 31 heavy (non-hydrogen) atoms. The zero-order valence-corrected chi connectivity index (χ0v) is 19.2. The Morgan fingerprint density at radius 2 is 2.10 bits per heavy atom. The van der Waals surface area contributed by atoms with E-state index in [4.69, 9.17) is 9.41 Å². The number of hydrogen-bond acceptors (Lipinski definition) is 5. The maximum Gasteiger partial charge on any atom is 0.346 e. The first-order valence-electron chi connectivity index (χ1n) is 11.5. The molecular weight excluding hydrogens is 404 g/mol. The third kappa shape index (κ3) is 2.82. The van der Waals surface area contributed by atoms with Crippen LogP contribution in [0, 0.1) is 0 Å². The highest BCUT2D eigenvalue weighted by atomic mass is 32.2. The van der Waals surface area contributed by atoms with Gasteiger partial charge in [-0.3, -0.25) is 4.99 Å². The molecule has 0 saturated carbocycles. The lowest BCUT2D eigenvalue weighted by molar-refractivity contribution is 0.387. The maximum absolute atomic E-state index is 13.2. The van der Waals surface area contributed by atoms with Crippen LogP contribution in [0.15, 0.2) is 50.6 Å². The Hall–Kier alpha value is -2.27. The van der Waals surface area contributed by atoms with Crippen LogP contribution in [0.3, 0.4) is 0 Å². The van der Waals surface area contributed by atoms with Gasteiger partial charge in [-0.15, -0.1) is 0 Å². The lowest BCUT2D eigenvalue weighted by Crippen LogP contribution is -2.42. The summed E-state index contributed by atoms with van der Waals surface area (Å²) in [5.41, 5.74) is 5.16. The van der Waals surface area contributed by atoms with Crippen molar-refractivity contribution >= 4 is 33.5 Å². The summed E-state index contributed by atoms with van der Waals surface area (Å²) in [4.78, 5) is 20.6. The van der Waals surface area contributed by atoms with Crippen molar-refractivity contribution in [2.75, 3.05) is 18.0 Å². The average Bonchev–Trinajstić information content (AvgIpc) is 3.21. The minimum Gasteiger partial charge on any atom is -0.422 e. The standard InChI is InChI=1S/C26H28N2O2S/c1-4-26(3)10-12-28-11-9-15(2)17-13-16-14-18(25(29)30-23(16)21(26)22(17)28)24-27-19-7-5-6-8-20(19)31-24/h5-8,13-15,19-20H,4,9-12H2,1-3H3/t15-,19?,20?,26-/m1/s1. The predicted octanol–water partition coefficient (Wildman–Crippen LogP) is 5.53. The van der Waals surface area contributed by atoms with Gasteiger partial charge >= 0.3 is 5.63 Å². The second-order valence-electron chi connectivity index (χ2n) is 9.67. The molecule has 0 fully saturated rings. The molecule has 4 atom stereocenters. The highest BCUT2D eigenvalue weighted by Gasteiger charge is 2.40. The van der Waals surface area contributed by atoms with Crippen LogP contribution >= 0.6 is 11.8 Å². The minimum absolute atomic E-state index is 0.0266. The zero-order chi connectivity index (χ0) is 21.3. The van der Waals surface area contributed by atoms with Crippen molar-refractivity contribution in [2.45, 2.75) is 62.7 Å². The van der Waals surface area contributed by atoms with Crippen LogP contribution in [-0.4, -0.2) is 29.4 Å². The molecule has 1 aromatic carbocycles. The molecule has 0 spiro atoms. The zero-order valence-electron chi connectivity index (χ0n) is 18.4. The molecule has 0 N–H and O–H groups in total. The summed E-state index contributed by atoms with van der Waals surface area (Å²) in [6.45, 7) is 9.10. The van der Waals surface area contributed by atoms with Crippen molar-refractivity contribution in [1.29, 1.82) is 0 Å². The van der Waals surface area contributed by atoms with Crippen molar-refractivity contribution in [3.05, 3.63) is 63.5 Å². The Morgan fingerprint density at radius 1 is 1.26 bits per heavy atom. The van der Waals surface area contributed by atoms with Crippen molar-refractivity contribution in [3.63, 3.8) is 0 Å². The van der Waals surface area contributed by atoms with Crippen molar-refractivity contribution < 1.29 is 4.42 Å². The molecule has 4 nitrogen and oxygen atoms in total. The van der Waals surface area contributed by atoms with E-state index in [0.717, 1.165) is 41.9 Å². The molecule has 5 heteroatoms. The molecule has 2 unspecified atom stereocenters. The van der Waals surface area contributed by atoms with Gasteiger partial charge in [0.25, 0.3) is 0 Å². The van der Waals surface area contributed by atoms with E-state index in [1.54, 1.807) is 11.8 Å². The first kappa shape index (κ1) is 19.4. The van der Waals surface area contributed by atoms with E-state index in [1.807, 2.05) is 12.1 Å². The Kier molecular flexibility index (Phi) is 4.30. The van der Waals surface area contributed by atoms with Gasteiger partial charge in [0.2, 0.25) is 0 Å². The topological polar surface area (TPSA) is 45.8 Å². The summed E-state index contributed by atoms with van der Waals surface area (Å²) >= 11 is 1.67. The third-order valence-electron chi connectivity index (χ3n) is 7.82. The lowest BCUT2D eigenvalue weighted by atomic mass is 9.70. The molecule has 4 heterocycles. The predicted molar refractivity (Wildman–Crippen MR) is 130 cm³/mol. The van der Waals surface area contributed by atoms with E-state index in [2.05, 4.69) is 50.0 Å². The number of anilines is 1. The number of benzene rings is 1. The molecule has 2 aromatic rings. The van der Waals surface area contributed by atoms with E-state index in [1.165, 1.54) is 23.2 Å². The van der Waals surface area contributed by atoms with Gasteiger partial charge in [-0.25, -0.2) is 4.79 Å². The van der Waals surface area contributed by atoms with Gasteiger partial charge in [0.05, 0.1) is 16.9 Å². The number of allylic oxidation sites excluding steroid dienone is 2. The number of hydrogen-bond donors (Lipinski definition) is 0. The Morgan fingerprint density at radius 3 is 2.90 bits per heavy atom. The minimum atomic E-state index is -0.263. The van der Waals surface area contributed by atoms with Crippen LogP contribution in [0.4, 0.5) is 5.69 Å². The molecule has 3 aliphatic heterocycles. The van der Waals surface area contributed by atoms with Gasteiger partial charge in [-0.2, -0.15) is 0 Å². The number of nitrogens with zero attached hydrogens (tertiary/aromatic N) is 2.